The first-order chi connectivity index (χ1) is 23.9. The molecule has 1 atom stereocenters. The molecule has 4 aromatic rings. The number of rotatable bonds is 17. The molecule has 3 N–H and O–H groups in total. The van der Waals surface area contributed by atoms with Gasteiger partial charge in [-0.15, -0.1) is 0 Å². The minimum absolute atomic E-state index is 0.161. The third kappa shape index (κ3) is 10.4. The zero-order valence-corrected chi connectivity index (χ0v) is 28.3. The molecule has 1 fully saturated rings. The van der Waals surface area contributed by atoms with Crippen molar-refractivity contribution in [2.24, 2.45) is 0 Å². The molecule has 3 heterocycles. The molecular weight excluding hydrogens is 644 g/mol. The number of aromatic nitrogens is 2. The molecule has 0 radical (unpaired) electrons. The van der Waals surface area contributed by atoms with Crippen LogP contribution in [0.25, 0.3) is 10.9 Å². The maximum absolute atomic E-state index is 13.1. The van der Waals surface area contributed by atoms with Crippen molar-refractivity contribution < 1.29 is 24.1 Å². The molecule has 1 aliphatic rings. The molecule has 49 heavy (non-hydrogen) atoms. The monoisotopic (exact) mass is 684 g/mol. The van der Waals surface area contributed by atoms with E-state index in [1.807, 2.05) is 37.4 Å². The van der Waals surface area contributed by atoms with E-state index >= 15 is 0 Å². The Labute approximate surface area is 291 Å². The number of pyridine rings is 2. The number of halogens is 1. The topological polar surface area (TPSA) is 142 Å². The van der Waals surface area contributed by atoms with Crippen molar-refractivity contribution in [3.8, 4) is 17.6 Å². The van der Waals surface area contributed by atoms with Gasteiger partial charge in [-0.2, -0.15) is 5.26 Å². The lowest BCUT2D eigenvalue weighted by Gasteiger charge is -2.19. The Bertz CT molecular complexity index is 1780. The Kier molecular flexibility index (Phi) is 13.2. The number of fused-ring (bicyclic) bond motifs is 1. The van der Waals surface area contributed by atoms with Crippen LogP contribution in [0.2, 0.25) is 5.02 Å². The lowest BCUT2D eigenvalue weighted by molar-refractivity contribution is -0.111. The van der Waals surface area contributed by atoms with Crippen molar-refractivity contribution in [2.45, 2.75) is 44.8 Å². The first-order valence-corrected chi connectivity index (χ1v) is 16.8. The largest absolute Gasteiger partial charge is 0.486 e. The second-order valence-electron chi connectivity index (χ2n) is 11.8. The lowest BCUT2D eigenvalue weighted by Crippen LogP contribution is -2.20. The van der Waals surface area contributed by atoms with Crippen molar-refractivity contribution >= 4 is 45.5 Å². The van der Waals surface area contributed by atoms with Crippen LogP contribution in [0.4, 0.5) is 17.1 Å². The summed E-state index contributed by atoms with van der Waals surface area (Å²) in [4.78, 5) is 24.1. The fraction of sp³-hybridized carbons (Fsp3) is 0.351. The van der Waals surface area contributed by atoms with Gasteiger partial charge in [0, 0.05) is 55.2 Å². The number of anilines is 3. The quantitative estimate of drug-likeness (QED) is 0.0820. The highest BCUT2D eigenvalue weighted by Gasteiger charge is 2.21. The van der Waals surface area contributed by atoms with Gasteiger partial charge in [0.15, 0.2) is 0 Å². The van der Waals surface area contributed by atoms with Gasteiger partial charge < -0.3 is 34.9 Å². The summed E-state index contributed by atoms with van der Waals surface area (Å²) in [6.45, 7) is 3.07. The third-order valence-electron chi connectivity index (χ3n) is 7.97. The number of likely N-dealkylation sites (N-methyl/N-ethyl adjacent to an activating group) is 1. The minimum Gasteiger partial charge on any atom is -0.486 e. The van der Waals surface area contributed by atoms with Gasteiger partial charge in [-0.25, -0.2) is 0 Å². The number of benzene rings is 2. The molecule has 256 valence electrons. The summed E-state index contributed by atoms with van der Waals surface area (Å²) in [5, 5.41) is 26.3. The van der Waals surface area contributed by atoms with Gasteiger partial charge in [0.25, 0.3) is 0 Å². The van der Waals surface area contributed by atoms with Crippen molar-refractivity contribution in [2.75, 3.05) is 50.6 Å². The summed E-state index contributed by atoms with van der Waals surface area (Å²) in [7, 11) is 2.01. The van der Waals surface area contributed by atoms with Crippen molar-refractivity contribution in [3.05, 3.63) is 89.4 Å². The average molecular weight is 685 g/mol. The zero-order chi connectivity index (χ0) is 34.4. The normalized spacial score (nSPS) is 14.3. The molecule has 2 aromatic carbocycles. The van der Waals surface area contributed by atoms with E-state index in [0.29, 0.717) is 69.8 Å². The SMILES string of the molecule is CN(C/C=C/C(=O)Nc1cc2c(Nc3ccc(OCc4ccccn4)c(Cl)c3)c(C#N)cnc2cc1O[C@H]1CCOC1)CCCCCCO. The number of nitrogens with one attached hydrogen (secondary N) is 2. The first kappa shape index (κ1) is 35.6. The van der Waals surface area contributed by atoms with E-state index < -0.39 is 0 Å². The number of nitriles is 1. The summed E-state index contributed by atoms with van der Waals surface area (Å²) >= 11 is 6.59. The third-order valence-corrected chi connectivity index (χ3v) is 8.26. The Balaban J connectivity index is 1.35. The number of carbonyl (C=O) groups is 1. The number of unbranched alkanes of at least 4 members (excludes halogenated alkanes) is 3. The van der Waals surface area contributed by atoms with Crippen LogP contribution in [0.15, 0.2) is 73.1 Å². The van der Waals surface area contributed by atoms with Crippen LogP contribution < -0.4 is 20.1 Å². The molecule has 2 aromatic heterocycles. The summed E-state index contributed by atoms with van der Waals surface area (Å²) in [5.41, 5.74) is 3.25. The molecule has 11 nitrogen and oxygen atoms in total. The molecule has 5 rings (SSSR count). The van der Waals surface area contributed by atoms with Gasteiger partial charge in [0.05, 0.1) is 46.4 Å². The van der Waals surface area contributed by atoms with Gasteiger partial charge in [0.1, 0.15) is 30.3 Å². The van der Waals surface area contributed by atoms with Crippen molar-refractivity contribution in [1.29, 1.82) is 5.26 Å². The molecular formula is C37H41ClN6O5. The van der Waals surface area contributed by atoms with Crippen LogP contribution >= 0.6 is 11.6 Å². The zero-order valence-electron chi connectivity index (χ0n) is 27.5. The van der Waals surface area contributed by atoms with Crippen molar-refractivity contribution in [1.82, 2.24) is 14.9 Å². The number of carbonyl (C=O) groups excluding carboxylic acids is 1. The molecule has 12 heteroatoms. The van der Waals surface area contributed by atoms with Crippen LogP contribution in [0, 0.1) is 11.3 Å². The highest BCUT2D eigenvalue weighted by atomic mass is 35.5. The Morgan fingerprint density at radius 1 is 1.16 bits per heavy atom. The van der Waals surface area contributed by atoms with E-state index in [0.717, 1.165) is 44.3 Å². The van der Waals surface area contributed by atoms with Crippen LogP contribution in [0.5, 0.6) is 11.5 Å². The molecule has 0 unspecified atom stereocenters. The van der Waals surface area contributed by atoms with E-state index in [-0.39, 0.29) is 25.2 Å². The summed E-state index contributed by atoms with van der Waals surface area (Å²) < 4.78 is 17.7. The van der Waals surface area contributed by atoms with E-state index in [1.54, 1.807) is 30.5 Å². The second kappa shape index (κ2) is 18.1. The Hall–Kier alpha value is -4.73. The first-order valence-electron chi connectivity index (χ1n) is 16.4. The molecule has 0 spiro atoms. The highest BCUT2D eigenvalue weighted by molar-refractivity contribution is 6.32. The Morgan fingerprint density at radius 2 is 2.04 bits per heavy atom. The number of nitrogens with zero attached hydrogens (tertiary/aromatic N) is 4. The van der Waals surface area contributed by atoms with E-state index in [2.05, 4.69) is 31.6 Å². The second-order valence-corrected chi connectivity index (χ2v) is 12.2. The van der Waals surface area contributed by atoms with Crippen LogP contribution in [-0.2, 0) is 16.1 Å². The average Bonchev–Trinajstić information content (AvgIpc) is 3.62. The van der Waals surface area contributed by atoms with Crippen LogP contribution in [0.3, 0.4) is 0 Å². The van der Waals surface area contributed by atoms with Gasteiger partial charge in [-0.3, -0.25) is 14.8 Å². The predicted octanol–water partition coefficient (Wildman–Crippen LogP) is 6.62. The smallest absolute Gasteiger partial charge is 0.248 e. The number of aliphatic hydroxyl groups excluding tert-OH is 1. The van der Waals surface area contributed by atoms with Crippen molar-refractivity contribution in [3.63, 3.8) is 0 Å². The van der Waals surface area contributed by atoms with E-state index in [4.69, 9.17) is 30.9 Å². The Morgan fingerprint density at radius 3 is 2.80 bits per heavy atom. The molecule has 0 aliphatic carbocycles. The van der Waals surface area contributed by atoms with E-state index in [9.17, 15) is 10.1 Å². The number of aliphatic hydroxyl groups is 1. The predicted molar refractivity (Wildman–Crippen MR) is 190 cm³/mol. The van der Waals surface area contributed by atoms with Crippen LogP contribution in [-0.4, -0.2) is 71.9 Å². The molecule has 0 saturated carbocycles. The van der Waals surface area contributed by atoms with E-state index in [1.165, 1.54) is 12.3 Å². The fourth-order valence-corrected chi connectivity index (χ4v) is 5.58. The fourth-order valence-electron chi connectivity index (χ4n) is 5.35. The van der Waals surface area contributed by atoms with Crippen LogP contribution in [0.1, 0.15) is 43.4 Å². The van der Waals surface area contributed by atoms with Gasteiger partial charge in [0.2, 0.25) is 5.91 Å². The summed E-state index contributed by atoms with van der Waals surface area (Å²) in [5.74, 6) is 0.651. The molecule has 1 saturated heterocycles. The maximum Gasteiger partial charge on any atom is 0.248 e. The molecule has 0 bridgehead atoms. The van der Waals surface area contributed by atoms with Gasteiger partial charge >= 0.3 is 0 Å². The number of ether oxygens (including phenoxy) is 3. The maximum atomic E-state index is 13.1. The van der Waals surface area contributed by atoms with Gasteiger partial charge in [-0.05, 0) is 62.8 Å². The molecule has 1 amide bonds. The summed E-state index contributed by atoms with van der Waals surface area (Å²) in [6.07, 6.45) is 11.0. The standard InChI is InChI=1S/C37H41ClN6O5/c1-44(15-6-2-3-7-17-45)16-8-10-36(46)43-33-20-30-32(21-35(33)49-29-13-18-47-25-29)41-23-26(22-39)37(30)42-27-11-12-34(31(38)19-27)48-24-28-9-4-5-14-40-28/h4-5,8-12,14,19-21,23,29,45H,2-3,6-7,13,15-18,24-25H2,1H3,(H,41,42)(H,43,46)/b10-8+/t29-/m0/s1. The number of hydrogen-bond acceptors (Lipinski definition) is 10. The highest BCUT2D eigenvalue weighted by Crippen LogP contribution is 2.38. The summed E-state index contributed by atoms with van der Waals surface area (Å²) in [6, 6.07) is 16.6. The molecule has 1 aliphatic heterocycles. The number of amides is 1. The van der Waals surface area contributed by atoms with Gasteiger partial charge in [-0.1, -0.05) is 36.6 Å². The minimum atomic E-state index is -0.310. The lowest BCUT2D eigenvalue weighted by atomic mass is 10.1. The number of hydrogen-bond donors (Lipinski definition) is 3.